The van der Waals surface area contributed by atoms with E-state index in [4.69, 9.17) is 2.82 Å². The summed E-state index contributed by atoms with van der Waals surface area (Å²) in [6.07, 6.45) is 0.659. The van der Waals surface area contributed by atoms with Crippen LogP contribution in [0.15, 0.2) is 0 Å². The van der Waals surface area contributed by atoms with E-state index in [0.29, 0.717) is 12.8 Å². The summed E-state index contributed by atoms with van der Waals surface area (Å²) in [7, 11) is 0. The molecule has 0 bridgehead atoms. The molecular weight excluding hydrogens is 132 g/mol. The molecule has 60 valence electrons. The van der Waals surface area contributed by atoms with Gasteiger partial charge >= 0.3 is 0 Å². The molecular formula is C6H14N2O2. The zero-order valence-electron chi connectivity index (χ0n) is 7.71. The number of rotatable bonds is 7. The average molecular weight is 148 g/mol. The lowest BCUT2D eigenvalue weighted by Gasteiger charge is -2.14. The van der Waals surface area contributed by atoms with Gasteiger partial charge in [-0.25, -0.2) is 0 Å². The predicted molar refractivity (Wildman–Crippen MR) is 38.3 cm³/mol. The second-order valence-corrected chi connectivity index (χ2v) is 2.12. The Morgan fingerprint density at radius 3 is 3.10 bits per heavy atom. The average Bonchev–Trinajstić information content (AvgIpc) is 2.06. The summed E-state index contributed by atoms with van der Waals surface area (Å²) in [5, 5.41) is 9.25. The molecule has 0 aromatic carbocycles. The van der Waals surface area contributed by atoms with Crippen molar-refractivity contribution in [3.8, 4) is 0 Å². The molecule has 4 heteroatoms. The van der Waals surface area contributed by atoms with Crippen molar-refractivity contribution in [2.24, 2.45) is 11.5 Å². The Labute approximate surface area is 63.1 Å². The molecule has 10 heavy (non-hydrogen) atoms. The summed E-state index contributed by atoms with van der Waals surface area (Å²) in [4.78, 5) is 9.98. The minimum atomic E-state index is -0.806. The zero-order chi connectivity index (χ0) is 9.40. The van der Waals surface area contributed by atoms with Crippen molar-refractivity contribution in [1.82, 2.24) is 0 Å². The van der Waals surface area contributed by atoms with Crippen LogP contribution in [0.25, 0.3) is 0 Å². The van der Waals surface area contributed by atoms with Crippen molar-refractivity contribution in [1.29, 1.82) is 0 Å². The zero-order valence-corrected chi connectivity index (χ0v) is 5.71. The van der Waals surface area contributed by atoms with Crippen LogP contribution in [0, 0.1) is 0 Å². The Balaban J connectivity index is 3.69. The summed E-state index contributed by atoms with van der Waals surface area (Å²) >= 11 is 0. The molecule has 0 spiro atoms. The molecule has 2 atom stereocenters. The summed E-state index contributed by atoms with van der Waals surface area (Å²) < 4.78 is 13.4. The van der Waals surface area contributed by atoms with E-state index in [2.05, 4.69) is 5.73 Å². The number of carbonyl (C=O) groups excluding carboxylic acids is 1. The van der Waals surface area contributed by atoms with Crippen LogP contribution >= 0.6 is 0 Å². The van der Waals surface area contributed by atoms with Gasteiger partial charge in [-0.3, -0.25) is 0 Å². The number of aliphatic hydroxyl groups is 1. The maximum Gasteiger partial charge on any atom is 0.120 e. The van der Waals surface area contributed by atoms with Gasteiger partial charge in [0.25, 0.3) is 0 Å². The molecule has 5 N–H and O–H groups in total. The van der Waals surface area contributed by atoms with Gasteiger partial charge in [-0.05, 0) is 6.42 Å². The monoisotopic (exact) mass is 148 g/mol. The Morgan fingerprint density at radius 1 is 1.80 bits per heavy atom. The molecule has 0 fully saturated rings. The fourth-order valence-corrected chi connectivity index (χ4v) is 0.582. The smallest absolute Gasteiger partial charge is 0.120 e. The maximum absolute atomic E-state index is 9.98. The fourth-order valence-electron chi connectivity index (χ4n) is 0.582. The van der Waals surface area contributed by atoms with E-state index >= 15 is 0 Å². The standard InChI is InChI=1S/C6H14N2O2/c7-4-6(10)5(8)2-1-3-9/h3,5-6,10H,1-2,4,7-8H2/t5-,6+/m0/s1/i/hD2. The Bertz CT molecular complexity index is 126. The van der Waals surface area contributed by atoms with Gasteiger partial charge in [-0.15, -0.1) is 0 Å². The molecule has 4 nitrogen and oxygen atoms in total. The van der Waals surface area contributed by atoms with Gasteiger partial charge in [0.15, 0.2) is 0 Å². The third kappa shape index (κ3) is 3.55. The molecule has 0 heterocycles. The first-order chi connectivity index (χ1) is 5.76. The van der Waals surface area contributed by atoms with Crippen LogP contribution in [0.1, 0.15) is 12.8 Å². The predicted octanol–water partition coefficient (Wildman–Crippen LogP) is -1.39. The van der Waals surface area contributed by atoms with Crippen molar-refractivity contribution in [3.05, 3.63) is 0 Å². The van der Waals surface area contributed by atoms with E-state index in [1.807, 2.05) is 5.73 Å². The van der Waals surface area contributed by atoms with E-state index in [1.54, 1.807) is 0 Å². The third-order valence-corrected chi connectivity index (χ3v) is 1.27. The van der Waals surface area contributed by atoms with Gasteiger partial charge in [0, 0.05) is 19.0 Å². The molecule has 0 saturated carbocycles. The first-order valence-electron chi connectivity index (χ1n) is 4.19. The Kier molecular flexibility index (Phi) is 3.35. The van der Waals surface area contributed by atoms with Gasteiger partial charge in [-0.2, -0.15) is 0 Å². The maximum atomic E-state index is 9.98. The molecule has 0 saturated heterocycles. The Hall–Kier alpha value is -0.450. The molecule has 0 unspecified atom stereocenters. The number of aldehydes is 1. The second kappa shape index (κ2) is 5.34. The highest BCUT2D eigenvalue weighted by molar-refractivity contribution is 5.49. The van der Waals surface area contributed by atoms with Crippen molar-refractivity contribution in [2.75, 3.05) is 6.54 Å². The summed E-state index contributed by atoms with van der Waals surface area (Å²) in [6.45, 7) is 0.0927. The molecule has 0 aliphatic heterocycles. The molecule has 0 rings (SSSR count). The second-order valence-electron chi connectivity index (χ2n) is 2.12. The van der Waals surface area contributed by atoms with Gasteiger partial charge in [0.1, 0.15) is 9.11 Å². The van der Waals surface area contributed by atoms with E-state index in [9.17, 15) is 9.90 Å². The summed E-state index contributed by atoms with van der Waals surface area (Å²) in [6, 6.07) is -0.451. The number of carbonyl (C=O) groups is 1. The SMILES string of the molecule is [2H]NC[C@@H](O)[C@H](CCC=O)N[2H]. The van der Waals surface area contributed by atoms with Crippen molar-refractivity contribution in [2.45, 2.75) is 25.0 Å². The topological polar surface area (TPSA) is 89.3 Å². The number of aliphatic hydroxyl groups excluding tert-OH is 1. The Morgan fingerprint density at radius 2 is 2.60 bits per heavy atom. The number of hydrogen-bond acceptors (Lipinski definition) is 4. The van der Waals surface area contributed by atoms with Crippen LogP contribution in [0.2, 0.25) is 2.82 Å². The number of nitrogens with two attached hydrogens (primary N) is 2. The van der Waals surface area contributed by atoms with Gasteiger partial charge < -0.3 is 21.4 Å². The van der Waals surface area contributed by atoms with Crippen molar-refractivity contribution >= 4 is 6.29 Å². The van der Waals surface area contributed by atoms with Crippen molar-refractivity contribution in [3.63, 3.8) is 0 Å². The first kappa shape index (κ1) is 6.27. The highest BCUT2D eigenvalue weighted by Crippen LogP contribution is 1.96. The summed E-state index contributed by atoms with van der Waals surface area (Å²) in [5.74, 6) is 0. The minimum absolute atomic E-state index is 0.0927. The lowest BCUT2D eigenvalue weighted by molar-refractivity contribution is -0.108. The third-order valence-electron chi connectivity index (χ3n) is 1.27. The molecule has 0 radical (unpaired) electrons. The van der Waals surface area contributed by atoms with Crippen LogP contribution in [-0.4, -0.2) is 30.1 Å². The van der Waals surface area contributed by atoms with Crippen LogP contribution in [0.4, 0.5) is 0 Å². The van der Waals surface area contributed by atoms with E-state index < -0.39 is 12.1 Å². The van der Waals surface area contributed by atoms with E-state index in [0.717, 1.165) is 6.29 Å². The highest BCUT2D eigenvalue weighted by Gasteiger charge is 2.11. The molecule has 0 aliphatic carbocycles. The largest absolute Gasteiger partial charge is 0.390 e. The molecule has 0 aliphatic rings. The van der Waals surface area contributed by atoms with Crippen LogP contribution in [0.5, 0.6) is 0 Å². The highest BCUT2D eigenvalue weighted by atomic mass is 16.3. The van der Waals surface area contributed by atoms with E-state index in [-0.39, 0.29) is 6.54 Å². The normalized spacial score (nSPS) is 18.9. The number of hydrogen-bond donors (Lipinski definition) is 3. The van der Waals surface area contributed by atoms with Gasteiger partial charge in [0.05, 0.1) is 6.10 Å². The minimum Gasteiger partial charge on any atom is -0.390 e. The van der Waals surface area contributed by atoms with Crippen molar-refractivity contribution < 1.29 is 12.7 Å². The quantitative estimate of drug-likeness (QED) is 0.388. The van der Waals surface area contributed by atoms with Gasteiger partial charge in [-0.1, -0.05) is 0 Å². The van der Waals surface area contributed by atoms with Gasteiger partial charge in [0.2, 0.25) is 0 Å². The van der Waals surface area contributed by atoms with Crippen LogP contribution < -0.4 is 11.5 Å². The van der Waals surface area contributed by atoms with Crippen LogP contribution in [0.3, 0.4) is 0 Å². The first-order valence-corrected chi connectivity index (χ1v) is 3.19. The molecule has 0 amide bonds. The molecule has 0 aromatic heterocycles. The fraction of sp³-hybridized carbons (Fsp3) is 0.833. The lowest BCUT2D eigenvalue weighted by Crippen LogP contribution is -2.39. The van der Waals surface area contributed by atoms with Crippen LogP contribution in [-0.2, 0) is 4.79 Å². The van der Waals surface area contributed by atoms with E-state index in [1.165, 1.54) is 0 Å². The molecule has 0 aromatic rings. The lowest BCUT2D eigenvalue weighted by atomic mass is 10.1. The summed E-state index contributed by atoms with van der Waals surface area (Å²) in [5.41, 5.74) is 4.19.